The van der Waals surface area contributed by atoms with Gasteiger partial charge in [-0.25, -0.2) is 17.6 Å². The van der Waals surface area contributed by atoms with E-state index in [4.69, 9.17) is 20.9 Å². The molecule has 14 heteroatoms. The lowest BCUT2D eigenvalue weighted by Gasteiger charge is -2.11. The molecule has 4 N–H and O–H groups in total. The van der Waals surface area contributed by atoms with E-state index in [9.17, 15) is 27.2 Å². The van der Waals surface area contributed by atoms with Crippen LogP contribution in [0.5, 0.6) is 11.5 Å². The lowest BCUT2D eigenvalue weighted by Crippen LogP contribution is -2.01. The van der Waals surface area contributed by atoms with Gasteiger partial charge in [-0.15, -0.1) is 0 Å². The molecule has 4 aromatic carbocycles. The largest absolute Gasteiger partial charge is 0.497 e. The zero-order valence-electron chi connectivity index (χ0n) is 33.6. The molecule has 0 aliphatic rings. The molecule has 0 unspecified atom stereocenters. The lowest BCUT2D eigenvalue weighted by atomic mass is 10.2. The number of aryl methyl sites for hydroxylation is 4. The monoisotopic (exact) mass is 1030 g/mol. The van der Waals surface area contributed by atoms with Crippen molar-refractivity contribution >= 4 is 68.1 Å². The van der Waals surface area contributed by atoms with E-state index in [2.05, 4.69) is 22.6 Å². The molecular formula is C44H48F4I2N4O4. The van der Waals surface area contributed by atoms with E-state index < -0.39 is 5.82 Å². The molecule has 6 aromatic rings. The fourth-order valence-corrected chi connectivity index (χ4v) is 5.95. The van der Waals surface area contributed by atoms with E-state index in [0.29, 0.717) is 35.7 Å². The van der Waals surface area contributed by atoms with Crippen molar-refractivity contribution in [3.63, 3.8) is 0 Å². The van der Waals surface area contributed by atoms with Crippen LogP contribution in [-0.4, -0.2) is 34.9 Å². The van der Waals surface area contributed by atoms with Crippen LogP contribution in [0, 0.1) is 58.1 Å². The summed E-state index contributed by atoms with van der Waals surface area (Å²) in [6.45, 7) is 10.8. The smallest absolute Gasteiger partial charge is 0.150 e. The van der Waals surface area contributed by atoms with Crippen LogP contribution in [0.1, 0.15) is 49.5 Å². The van der Waals surface area contributed by atoms with Gasteiger partial charge in [-0.3, -0.25) is 0 Å². The normalized spacial score (nSPS) is 9.97. The van der Waals surface area contributed by atoms with Crippen molar-refractivity contribution in [2.75, 3.05) is 25.7 Å². The maximum absolute atomic E-state index is 13.9. The third kappa shape index (κ3) is 15.8. The Bertz CT molecular complexity index is 2240. The van der Waals surface area contributed by atoms with Crippen LogP contribution in [0.3, 0.4) is 0 Å². The van der Waals surface area contributed by atoms with Crippen LogP contribution in [0.4, 0.5) is 28.9 Å². The molecule has 0 aliphatic carbocycles. The molecule has 0 saturated carbocycles. The van der Waals surface area contributed by atoms with Crippen molar-refractivity contribution < 1.29 is 36.6 Å². The summed E-state index contributed by atoms with van der Waals surface area (Å²) in [5.74, 6) is -0.0666. The molecule has 6 rings (SSSR count). The Labute approximate surface area is 364 Å². The van der Waals surface area contributed by atoms with E-state index in [0.717, 1.165) is 29.9 Å². The highest BCUT2D eigenvalue weighted by molar-refractivity contribution is 14.1. The maximum atomic E-state index is 13.9. The van der Waals surface area contributed by atoms with Gasteiger partial charge in [0.15, 0.2) is 5.82 Å². The summed E-state index contributed by atoms with van der Waals surface area (Å²) in [7, 11) is 3.01. The zero-order chi connectivity index (χ0) is 43.7. The number of nitrogens with two attached hydrogens (primary N) is 2. The quantitative estimate of drug-likeness (QED) is 0.0935. The van der Waals surface area contributed by atoms with Gasteiger partial charge in [0.25, 0.3) is 0 Å². The summed E-state index contributed by atoms with van der Waals surface area (Å²) in [6, 6.07) is 27.1. The van der Waals surface area contributed by atoms with Gasteiger partial charge in [0.1, 0.15) is 40.5 Å². The van der Waals surface area contributed by atoms with Crippen molar-refractivity contribution in [1.29, 1.82) is 0 Å². The molecule has 0 spiro atoms. The number of carbonyl (C=O) groups is 2. The Morgan fingerprint density at radius 3 is 1.16 bits per heavy atom. The van der Waals surface area contributed by atoms with Crippen LogP contribution in [0.25, 0.3) is 11.4 Å². The zero-order valence-corrected chi connectivity index (χ0v) is 37.9. The van der Waals surface area contributed by atoms with Crippen LogP contribution in [-0.2, 0) is 9.59 Å². The number of ketones is 2. The second-order valence-electron chi connectivity index (χ2n) is 12.8. The molecule has 0 aliphatic heterocycles. The number of benzene rings is 4. The Balaban J connectivity index is 0.000000257. The van der Waals surface area contributed by atoms with E-state index in [1.807, 2.05) is 95.8 Å². The standard InChI is InChI=1S/C13H14FNO.C12H11FIN.C7H8FNO.C6H5FIN.C6H10O2/c1-9-4-5-10(2)15(9)13-7-6-11(16-3)8-12(13)14;1-8-3-4-9(2)15(8)12-6-5-10(14)7-11(12)13;1-10-5-2-3-7(9)6(8)4-5;7-5-3-4(8)1-2-6(5)9;1-5(7)3-4-6(2)8/h4-8H,1-3H3;3-7H,1-2H3;2-4H,9H2,1H3;1-3H,9H2;3-4H2,1-2H3. The number of halogens is 6. The molecule has 0 fully saturated rings. The third-order valence-electron chi connectivity index (χ3n) is 8.09. The molecule has 0 atom stereocenters. The topological polar surface area (TPSA) is 114 Å². The molecule has 0 saturated heterocycles. The number of ether oxygens (including phenoxy) is 2. The Kier molecular flexibility index (Phi) is 20.5. The number of rotatable bonds is 7. The number of hydrogen-bond donors (Lipinski definition) is 2. The van der Waals surface area contributed by atoms with E-state index in [-0.39, 0.29) is 40.4 Å². The number of nitrogens with zero attached hydrogens (tertiary/aromatic N) is 2. The Morgan fingerprint density at radius 2 is 0.828 bits per heavy atom. The van der Waals surface area contributed by atoms with Gasteiger partial charge in [0.2, 0.25) is 0 Å². The van der Waals surface area contributed by atoms with Gasteiger partial charge >= 0.3 is 0 Å². The van der Waals surface area contributed by atoms with Gasteiger partial charge in [0, 0.05) is 54.9 Å². The molecule has 0 bridgehead atoms. The Morgan fingerprint density at radius 1 is 0.517 bits per heavy atom. The molecule has 0 amide bonds. The number of nitrogen functional groups attached to an aromatic ring is 2. The molecule has 2 aromatic heterocycles. The third-order valence-corrected chi connectivity index (χ3v) is 9.43. The van der Waals surface area contributed by atoms with Crippen LogP contribution >= 0.6 is 45.2 Å². The van der Waals surface area contributed by atoms with Gasteiger partial charge < -0.3 is 39.7 Å². The summed E-state index contributed by atoms with van der Waals surface area (Å²) >= 11 is 4.13. The first kappa shape index (κ1) is 49.3. The minimum absolute atomic E-state index is 0.0835. The first-order valence-corrected chi connectivity index (χ1v) is 19.8. The average molecular weight is 1030 g/mol. The minimum atomic E-state index is -0.445. The summed E-state index contributed by atoms with van der Waals surface area (Å²) < 4.78 is 67.9. The molecule has 58 heavy (non-hydrogen) atoms. The van der Waals surface area contributed by atoms with E-state index >= 15 is 0 Å². The molecule has 2 heterocycles. The maximum Gasteiger partial charge on any atom is 0.150 e. The number of hydrogen-bond acceptors (Lipinski definition) is 6. The predicted molar refractivity (Wildman–Crippen MR) is 241 cm³/mol. The van der Waals surface area contributed by atoms with Crippen LogP contribution in [0.15, 0.2) is 97.1 Å². The van der Waals surface area contributed by atoms with E-state index in [1.165, 1.54) is 52.3 Å². The lowest BCUT2D eigenvalue weighted by molar-refractivity contribution is -0.122. The van der Waals surface area contributed by atoms with Gasteiger partial charge in [-0.2, -0.15) is 0 Å². The summed E-state index contributed by atoms with van der Waals surface area (Å²) in [5.41, 5.74) is 16.1. The first-order valence-electron chi connectivity index (χ1n) is 17.7. The van der Waals surface area contributed by atoms with Crippen LogP contribution < -0.4 is 20.9 Å². The number of anilines is 2. The predicted octanol–water partition coefficient (Wildman–Crippen LogP) is 11.5. The minimum Gasteiger partial charge on any atom is -0.497 e. The number of methoxy groups -OCH3 is 2. The number of Topliss-reactive ketones (excluding diaryl/α,β-unsaturated/α-hetero) is 2. The highest BCUT2D eigenvalue weighted by Crippen LogP contribution is 2.24. The molecule has 8 nitrogen and oxygen atoms in total. The second kappa shape index (κ2) is 24.2. The highest BCUT2D eigenvalue weighted by atomic mass is 127. The number of carbonyl (C=O) groups excluding carboxylic acids is 2. The summed E-state index contributed by atoms with van der Waals surface area (Å²) in [6.07, 6.45) is 0.796. The van der Waals surface area contributed by atoms with Crippen molar-refractivity contribution in [2.24, 2.45) is 0 Å². The van der Waals surface area contributed by atoms with Crippen molar-refractivity contribution in [2.45, 2.75) is 54.4 Å². The molecular weight excluding hydrogens is 978 g/mol. The molecule has 0 radical (unpaired) electrons. The van der Waals surface area contributed by atoms with Crippen molar-refractivity contribution in [3.05, 3.63) is 150 Å². The molecule has 310 valence electrons. The van der Waals surface area contributed by atoms with Crippen molar-refractivity contribution in [3.8, 4) is 22.9 Å². The van der Waals surface area contributed by atoms with Gasteiger partial charge in [-0.1, -0.05) is 0 Å². The highest BCUT2D eigenvalue weighted by Gasteiger charge is 2.11. The SMILES string of the molecule is CC(=O)CCC(C)=O.COc1ccc(-n2c(C)ccc2C)c(F)c1.COc1ccc(N)c(F)c1.Cc1ccc(C)n1-c1ccc(I)cc1F.Nc1ccc(I)cc1F. The van der Waals surface area contributed by atoms with E-state index in [1.54, 1.807) is 36.4 Å². The number of aromatic nitrogens is 2. The summed E-state index contributed by atoms with van der Waals surface area (Å²) in [4.78, 5) is 20.4. The van der Waals surface area contributed by atoms with Crippen molar-refractivity contribution in [1.82, 2.24) is 9.13 Å². The first-order chi connectivity index (χ1) is 27.3. The van der Waals surface area contributed by atoms with Crippen LogP contribution in [0.2, 0.25) is 0 Å². The summed E-state index contributed by atoms with van der Waals surface area (Å²) in [5, 5.41) is 0. The fourth-order valence-electron chi connectivity index (χ4n) is 5.04. The Hall–Kier alpha value is -4.84. The second-order valence-corrected chi connectivity index (χ2v) is 15.3. The van der Waals surface area contributed by atoms with Gasteiger partial charge in [0.05, 0.1) is 37.0 Å². The van der Waals surface area contributed by atoms with Gasteiger partial charge in [-0.05, 0) is 172 Å². The fraction of sp³-hybridized carbons (Fsp3) is 0.227. The average Bonchev–Trinajstić information content (AvgIpc) is 3.69.